The van der Waals surface area contributed by atoms with Gasteiger partial charge in [0.05, 0.1) is 19.3 Å². The number of ether oxygens (including phenoxy) is 1. The number of aromatic nitrogens is 2. The van der Waals surface area contributed by atoms with E-state index in [-0.39, 0.29) is 5.75 Å². The molecular weight excluding hydrogens is 352 g/mol. The van der Waals surface area contributed by atoms with Crippen LogP contribution in [0.5, 0.6) is 5.75 Å². The summed E-state index contributed by atoms with van der Waals surface area (Å²) in [4.78, 5) is 18.7. The van der Waals surface area contributed by atoms with Crippen LogP contribution in [0, 0.1) is 11.6 Å². The van der Waals surface area contributed by atoms with Crippen molar-refractivity contribution in [3.05, 3.63) is 59.8 Å². The molecule has 0 spiro atoms. The van der Waals surface area contributed by atoms with Crippen molar-refractivity contribution in [2.24, 2.45) is 9.98 Å². The van der Waals surface area contributed by atoms with Gasteiger partial charge in [0.25, 0.3) is 0 Å². The fourth-order valence-corrected chi connectivity index (χ4v) is 2.93. The minimum absolute atomic E-state index is 0.112. The molecule has 27 heavy (non-hydrogen) atoms. The smallest absolute Gasteiger partial charge is 0.202 e. The highest BCUT2D eigenvalue weighted by molar-refractivity contribution is 6.02. The first-order valence-corrected chi connectivity index (χ1v) is 8.35. The molecule has 1 fully saturated rings. The number of benzene rings is 1. The van der Waals surface area contributed by atoms with Gasteiger partial charge in [0.15, 0.2) is 11.6 Å². The van der Waals surface area contributed by atoms with E-state index in [1.54, 1.807) is 24.7 Å². The molecule has 3 rings (SSSR count). The Kier molecular flexibility index (Phi) is 5.85. The fraction of sp³-hybridized carbons (Fsp3) is 0.263. The van der Waals surface area contributed by atoms with E-state index in [1.807, 2.05) is 4.90 Å². The van der Waals surface area contributed by atoms with E-state index in [1.165, 1.54) is 13.2 Å². The van der Waals surface area contributed by atoms with Gasteiger partial charge in [0.1, 0.15) is 5.82 Å². The first-order valence-electron chi connectivity index (χ1n) is 8.35. The summed E-state index contributed by atoms with van der Waals surface area (Å²) in [6.45, 7) is 4.87. The van der Waals surface area contributed by atoms with Crippen LogP contribution in [0.15, 0.2) is 52.4 Å². The van der Waals surface area contributed by atoms with Crippen molar-refractivity contribution in [1.29, 1.82) is 0 Å². The highest BCUT2D eigenvalue weighted by Gasteiger charge is 2.25. The van der Waals surface area contributed by atoms with Crippen LogP contribution < -0.4 is 9.64 Å². The van der Waals surface area contributed by atoms with Crippen molar-refractivity contribution in [3.63, 3.8) is 0 Å². The average Bonchev–Trinajstić information content (AvgIpc) is 2.70. The number of rotatable bonds is 5. The van der Waals surface area contributed by atoms with Gasteiger partial charge in [-0.25, -0.2) is 14.4 Å². The van der Waals surface area contributed by atoms with Crippen LogP contribution in [0.4, 0.5) is 14.5 Å². The second-order valence-electron chi connectivity index (χ2n) is 5.85. The summed E-state index contributed by atoms with van der Waals surface area (Å²) in [6.07, 6.45) is 5.57. The Morgan fingerprint density at radius 3 is 2.78 bits per heavy atom. The van der Waals surface area contributed by atoms with E-state index >= 15 is 0 Å². The zero-order valence-electron chi connectivity index (χ0n) is 14.9. The van der Waals surface area contributed by atoms with Gasteiger partial charge >= 0.3 is 0 Å². The molecule has 0 N–H and O–H groups in total. The molecule has 0 unspecified atom stereocenters. The zero-order valence-corrected chi connectivity index (χ0v) is 14.9. The number of halogens is 2. The van der Waals surface area contributed by atoms with E-state index in [0.717, 1.165) is 17.4 Å². The van der Waals surface area contributed by atoms with Gasteiger partial charge in [0.2, 0.25) is 5.82 Å². The van der Waals surface area contributed by atoms with Crippen LogP contribution in [-0.4, -0.2) is 42.6 Å². The molecule has 0 radical (unpaired) electrons. The molecule has 0 amide bonds. The predicted octanol–water partition coefficient (Wildman–Crippen LogP) is 3.20. The molecule has 2 aromatic rings. The Morgan fingerprint density at radius 1 is 1.30 bits per heavy atom. The molecule has 1 aliphatic heterocycles. The normalized spacial score (nSPS) is 17.4. The molecule has 0 aliphatic carbocycles. The number of hydrogen-bond donors (Lipinski definition) is 0. The standard InChI is InChI=1S/C19H19F2N5O/c1-22-10-13-12-26(16-5-4-14(20)18(21)19(16)27-2)9-6-15(13)25-11-17-23-7-3-8-24-17/h3-5,7-8,10H,1,6,9,11-12H2,2H3/b13-10-,25-15?. The van der Waals surface area contributed by atoms with Crippen LogP contribution in [0.2, 0.25) is 0 Å². The second-order valence-corrected chi connectivity index (χ2v) is 5.85. The third-order valence-corrected chi connectivity index (χ3v) is 4.20. The topological polar surface area (TPSA) is 63.0 Å². The van der Waals surface area contributed by atoms with Crippen molar-refractivity contribution >= 4 is 18.1 Å². The molecule has 1 aromatic heterocycles. The summed E-state index contributed by atoms with van der Waals surface area (Å²) in [5, 5.41) is 0. The fourth-order valence-electron chi connectivity index (χ4n) is 2.93. The highest BCUT2D eigenvalue weighted by Crippen LogP contribution is 2.34. The summed E-state index contributed by atoms with van der Waals surface area (Å²) in [6, 6.07) is 4.35. The van der Waals surface area contributed by atoms with Crippen LogP contribution in [0.1, 0.15) is 12.2 Å². The van der Waals surface area contributed by atoms with Crippen LogP contribution in [0.3, 0.4) is 0 Å². The largest absolute Gasteiger partial charge is 0.491 e. The Labute approximate surface area is 156 Å². The van der Waals surface area contributed by atoms with E-state index < -0.39 is 11.6 Å². The Bertz CT molecular complexity index is 883. The summed E-state index contributed by atoms with van der Waals surface area (Å²) in [5.41, 5.74) is 2.20. The molecule has 8 heteroatoms. The minimum Gasteiger partial charge on any atom is -0.491 e. The maximum absolute atomic E-state index is 14.0. The SMILES string of the molecule is C=N/C=C1/CN(c2ccc(F)c(F)c2OC)CCC1=NCc1ncccn1. The number of nitrogens with zero attached hydrogens (tertiary/aromatic N) is 5. The van der Waals surface area contributed by atoms with Gasteiger partial charge in [-0.15, -0.1) is 0 Å². The molecule has 6 nitrogen and oxygen atoms in total. The quantitative estimate of drug-likeness (QED) is 0.758. The minimum atomic E-state index is -0.997. The molecule has 0 saturated carbocycles. The molecule has 1 saturated heterocycles. The number of methoxy groups -OCH3 is 1. The second kappa shape index (κ2) is 8.48. The zero-order chi connectivity index (χ0) is 19.2. The Balaban J connectivity index is 1.84. The maximum Gasteiger partial charge on any atom is 0.202 e. The molecule has 1 aliphatic rings. The van der Waals surface area contributed by atoms with Gasteiger partial charge < -0.3 is 9.64 Å². The predicted molar refractivity (Wildman–Crippen MR) is 101 cm³/mol. The van der Waals surface area contributed by atoms with Crippen molar-refractivity contribution in [3.8, 4) is 5.75 Å². The summed E-state index contributed by atoms with van der Waals surface area (Å²) in [5.74, 6) is -1.43. The molecule has 1 aromatic carbocycles. The maximum atomic E-state index is 14.0. The van der Waals surface area contributed by atoms with Crippen LogP contribution in [-0.2, 0) is 6.54 Å². The summed E-state index contributed by atoms with van der Waals surface area (Å²) >= 11 is 0. The van der Waals surface area contributed by atoms with Gasteiger partial charge in [-0.05, 0) is 24.9 Å². The lowest BCUT2D eigenvalue weighted by atomic mass is 10.0. The van der Waals surface area contributed by atoms with E-state index in [2.05, 4.69) is 26.7 Å². The Hall–Kier alpha value is -3.16. The van der Waals surface area contributed by atoms with E-state index in [9.17, 15) is 8.78 Å². The van der Waals surface area contributed by atoms with E-state index in [4.69, 9.17) is 4.74 Å². The summed E-state index contributed by atoms with van der Waals surface area (Å²) < 4.78 is 32.6. The van der Waals surface area contributed by atoms with Gasteiger partial charge in [0, 0.05) is 49.4 Å². The monoisotopic (exact) mass is 371 g/mol. The summed E-state index contributed by atoms with van der Waals surface area (Å²) in [7, 11) is 1.32. The average molecular weight is 371 g/mol. The first kappa shape index (κ1) is 18.6. The van der Waals surface area contributed by atoms with Crippen molar-refractivity contribution < 1.29 is 13.5 Å². The number of piperidine rings is 1. The van der Waals surface area contributed by atoms with Crippen molar-refractivity contribution in [2.75, 3.05) is 25.1 Å². The highest BCUT2D eigenvalue weighted by atomic mass is 19.2. The molecular formula is C19H19F2N5O. The molecule has 0 bridgehead atoms. The number of anilines is 1. The third kappa shape index (κ3) is 4.16. The lowest BCUT2D eigenvalue weighted by Crippen LogP contribution is -2.36. The van der Waals surface area contributed by atoms with E-state index in [0.29, 0.717) is 37.6 Å². The number of hydrogen-bond acceptors (Lipinski definition) is 6. The molecule has 140 valence electrons. The van der Waals surface area contributed by atoms with Crippen molar-refractivity contribution in [2.45, 2.75) is 13.0 Å². The Morgan fingerprint density at radius 2 is 2.07 bits per heavy atom. The third-order valence-electron chi connectivity index (χ3n) is 4.20. The first-order chi connectivity index (χ1) is 13.1. The lowest BCUT2D eigenvalue weighted by molar-refractivity contribution is 0.372. The van der Waals surface area contributed by atoms with Gasteiger partial charge in [-0.2, -0.15) is 4.39 Å². The molecule has 0 atom stereocenters. The van der Waals surface area contributed by atoms with Crippen LogP contribution in [0.25, 0.3) is 0 Å². The lowest BCUT2D eigenvalue weighted by Gasteiger charge is -2.32. The van der Waals surface area contributed by atoms with Gasteiger partial charge in [-0.1, -0.05) is 0 Å². The van der Waals surface area contributed by atoms with Crippen molar-refractivity contribution in [1.82, 2.24) is 9.97 Å². The number of aliphatic imine (C=N–C) groups is 2. The molecule has 2 heterocycles. The van der Waals surface area contributed by atoms with Crippen LogP contribution >= 0.6 is 0 Å². The van der Waals surface area contributed by atoms with Gasteiger partial charge in [-0.3, -0.25) is 9.98 Å².